The highest BCUT2D eigenvalue weighted by atomic mass is 16.6. The Morgan fingerprint density at radius 3 is 0.772 bits per heavy atom. The minimum atomic E-state index is -0.791. The van der Waals surface area contributed by atoms with Crippen LogP contribution >= 0.6 is 0 Å². The molecule has 0 aromatic rings. The van der Waals surface area contributed by atoms with Gasteiger partial charge in [-0.3, -0.25) is 14.4 Å². The number of allylic oxidation sites excluding steroid dienone is 18. The molecule has 6 nitrogen and oxygen atoms in total. The van der Waals surface area contributed by atoms with Crippen molar-refractivity contribution in [1.82, 2.24) is 0 Å². The lowest BCUT2D eigenvalue weighted by atomic mass is 10.0. The number of carbonyl (C=O) groups is 3. The summed E-state index contributed by atoms with van der Waals surface area (Å²) >= 11 is 0. The van der Waals surface area contributed by atoms with Crippen molar-refractivity contribution < 1.29 is 28.6 Å². The molecule has 0 saturated heterocycles. The molecule has 0 amide bonds. The Kier molecular flexibility index (Phi) is 63.3. The molecule has 0 aliphatic heterocycles. The smallest absolute Gasteiger partial charge is 0.306 e. The van der Waals surface area contributed by atoms with E-state index >= 15 is 0 Å². The van der Waals surface area contributed by atoms with E-state index in [1.165, 1.54) is 154 Å². The summed E-state index contributed by atoms with van der Waals surface area (Å²) in [5.74, 6) is -0.912. The molecule has 0 aliphatic rings. The van der Waals surface area contributed by atoms with Gasteiger partial charge in [0.15, 0.2) is 6.10 Å². The molecule has 0 fully saturated rings. The summed E-state index contributed by atoms with van der Waals surface area (Å²) < 4.78 is 16.8. The van der Waals surface area contributed by atoms with Crippen molar-refractivity contribution in [2.24, 2.45) is 0 Å². The summed E-state index contributed by atoms with van der Waals surface area (Å²) in [6, 6.07) is 0. The van der Waals surface area contributed by atoms with Crippen LogP contribution in [-0.2, 0) is 28.6 Å². The van der Waals surface area contributed by atoms with Crippen LogP contribution in [0.5, 0.6) is 0 Å². The molecule has 0 saturated carbocycles. The number of carbonyl (C=O) groups excluding carboxylic acids is 3. The molecule has 0 aromatic heterocycles. The van der Waals surface area contributed by atoms with Crippen LogP contribution in [0, 0.1) is 0 Å². The molecule has 79 heavy (non-hydrogen) atoms. The highest BCUT2D eigenvalue weighted by Crippen LogP contribution is 2.16. The standard InChI is InChI=1S/C73H124O6/c1-4-7-10-13-16-18-20-22-24-26-28-30-32-33-34-35-36-37-38-39-41-42-44-46-48-50-52-54-57-60-63-66-72(75)78-69-70(68-77-71(74)65-62-59-56-15-12-9-6-3)79-73(76)67-64-61-58-55-53-51-49-47-45-43-40-31-29-27-25-23-21-19-17-14-11-8-5-2/h8,11,17,19-20,22-23,25-26,28-29,31-33,43,45,49,51,70H,4-7,9-10,12-16,18,21,24,27,30,34-42,44,46-48,50,52-69H2,1-3H3/b11-8-,19-17-,22-20-,25-23-,28-26-,31-29-,33-32-,45-43-,51-49-. The van der Waals surface area contributed by atoms with E-state index in [2.05, 4.69) is 130 Å². The van der Waals surface area contributed by atoms with Gasteiger partial charge in [0.2, 0.25) is 0 Å². The summed E-state index contributed by atoms with van der Waals surface area (Å²) in [7, 11) is 0. The number of unbranched alkanes of at least 4 members (excludes halogenated alkanes) is 31. The maximum Gasteiger partial charge on any atom is 0.306 e. The second-order valence-electron chi connectivity index (χ2n) is 22.0. The Balaban J connectivity index is 4.13. The summed E-state index contributed by atoms with van der Waals surface area (Å²) in [5, 5.41) is 0. The van der Waals surface area contributed by atoms with Crippen LogP contribution < -0.4 is 0 Å². The normalized spacial score (nSPS) is 12.8. The lowest BCUT2D eigenvalue weighted by molar-refractivity contribution is -0.167. The Bertz CT molecular complexity index is 1590. The van der Waals surface area contributed by atoms with Crippen LogP contribution in [0.3, 0.4) is 0 Å². The van der Waals surface area contributed by atoms with Gasteiger partial charge in [-0.2, -0.15) is 0 Å². The third kappa shape index (κ3) is 64.8. The maximum atomic E-state index is 12.9. The predicted octanol–water partition coefficient (Wildman–Crippen LogP) is 23.0. The van der Waals surface area contributed by atoms with Crippen molar-refractivity contribution in [3.05, 3.63) is 109 Å². The molecular formula is C73H124O6. The highest BCUT2D eigenvalue weighted by molar-refractivity contribution is 5.71. The van der Waals surface area contributed by atoms with Crippen molar-refractivity contribution in [1.29, 1.82) is 0 Å². The fourth-order valence-corrected chi connectivity index (χ4v) is 9.28. The minimum absolute atomic E-state index is 0.0872. The van der Waals surface area contributed by atoms with Crippen LogP contribution in [0.4, 0.5) is 0 Å². The third-order valence-electron chi connectivity index (χ3n) is 14.3. The monoisotopic (exact) mass is 1100 g/mol. The second-order valence-corrected chi connectivity index (χ2v) is 22.0. The quantitative estimate of drug-likeness (QED) is 0.0261. The van der Waals surface area contributed by atoms with Gasteiger partial charge in [0.05, 0.1) is 0 Å². The fourth-order valence-electron chi connectivity index (χ4n) is 9.28. The Labute approximate surface area is 489 Å². The molecule has 0 heterocycles. The molecule has 1 atom stereocenters. The van der Waals surface area contributed by atoms with Crippen molar-refractivity contribution >= 4 is 17.9 Å². The van der Waals surface area contributed by atoms with E-state index in [0.717, 1.165) is 122 Å². The molecule has 0 radical (unpaired) electrons. The first kappa shape index (κ1) is 75.1. The zero-order chi connectivity index (χ0) is 57.1. The van der Waals surface area contributed by atoms with E-state index in [1.54, 1.807) is 0 Å². The Hall–Kier alpha value is -3.93. The van der Waals surface area contributed by atoms with Gasteiger partial charge in [0.1, 0.15) is 13.2 Å². The van der Waals surface area contributed by atoms with Crippen LogP contribution in [0.15, 0.2) is 109 Å². The Morgan fingerprint density at radius 2 is 0.494 bits per heavy atom. The van der Waals surface area contributed by atoms with Crippen molar-refractivity contribution in [2.75, 3.05) is 13.2 Å². The van der Waals surface area contributed by atoms with E-state index in [1.807, 2.05) is 0 Å². The topological polar surface area (TPSA) is 78.9 Å². The van der Waals surface area contributed by atoms with E-state index < -0.39 is 6.10 Å². The predicted molar refractivity (Wildman–Crippen MR) is 343 cm³/mol. The Morgan fingerprint density at radius 1 is 0.266 bits per heavy atom. The summed E-state index contributed by atoms with van der Waals surface area (Å²) in [5.41, 5.74) is 0. The zero-order valence-corrected chi connectivity index (χ0v) is 51.9. The zero-order valence-electron chi connectivity index (χ0n) is 51.9. The van der Waals surface area contributed by atoms with Crippen LogP contribution in [0.1, 0.15) is 316 Å². The van der Waals surface area contributed by atoms with E-state index in [0.29, 0.717) is 19.3 Å². The molecule has 6 heteroatoms. The first-order valence-corrected chi connectivity index (χ1v) is 33.4. The molecular weight excluding hydrogens is 973 g/mol. The number of hydrogen-bond donors (Lipinski definition) is 0. The number of rotatable bonds is 60. The largest absolute Gasteiger partial charge is 0.462 e. The van der Waals surface area contributed by atoms with Gasteiger partial charge in [0, 0.05) is 19.3 Å². The SMILES string of the molecule is CC/C=C\C/C=C\C/C=C\C/C=C\C/C=C\C/C=C\CCCCCCC(=O)OC(COC(=O)CCCCCCCCC)COC(=O)CCCCCCCCCCCCCCCCCC/C=C\C/C=C\C/C=C\CCCCCCC. The van der Waals surface area contributed by atoms with Gasteiger partial charge in [0.25, 0.3) is 0 Å². The van der Waals surface area contributed by atoms with Crippen LogP contribution in [-0.4, -0.2) is 37.2 Å². The van der Waals surface area contributed by atoms with Gasteiger partial charge in [-0.15, -0.1) is 0 Å². The number of ether oxygens (including phenoxy) is 3. The average molecular weight is 1100 g/mol. The fraction of sp³-hybridized carbons (Fsp3) is 0.712. The first-order chi connectivity index (χ1) is 39.0. The number of esters is 3. The summed E-state index contributed by atoms with van der Waals surface area (Å²) in [4.78, 5) is 38.1. The van der Waals surface area contributed by atoms with Gasteiger partial charge in [-0.1, -0.05) is 297 Å². The van der Waals surface area contributed by atoms with E-state index in [-0.39, 0.29) is 31.1 Å². The summed E-state index contributed by atoms with van der Waals surface area (Å²) in [6.07, 6.45) is 91.3. The summed E-state index contributed by atoms with van der Waals surface area (Å²) in [6.45, 7) is 6.47. The molecule has 0 bridgehead atoms. The van der Waals surface area contributed by atoms with Crippen molar-refractivity contribution in [2.45, 2.75) is 322 Å². The van der Waals surface area contributed by atoms with Gasteiger partial charge in [-0.25, -0.2) is 0 Å². The van der Waals surface area contributed by atoms with Crippen LogP contribution in [0.25, 0.3) is 0 Å². The molecule has 452 valence electrons. The lowest BCUT2D eigenvalue weighted by Crippen LogP contribution is -2.30. The third-order valence-corrected chi connectivity index (χ3v) is 14.3. The van der Waals surface area contributed by atoms with E-state index in [9.17, 15) is 14.4 Å². The van der Waals surface area contributed by atoms with Gasteiger partial charge < -0.3 is 14.2 Å². The molecule has 0 rings (SSSR count). The minimum Gasteiger partial charge on any atom is -0.462 e. The molecule has 0 N–H and O–H groups in total. The average Bonchev–Trinajstić information content (AvgIpc) is 3.45. The van der Waals surface area contributed by atoms with Crippen molar-refractivity contribution in [3.63, 3.8) is 0 Å². The first-order valence-electron chi connectivity index (χ1n) is 33.4. The van der Waals surface area contributed by atoms with Crippen molar-refractivity contribution in [3.8, 4) is 0 Å². The number of hydrogen-bond acceptors (Lipinski definition) is 6. The lowest BCUT2D eigenvalue weighted by Gasteiger charge is -2.18. The molecule has 0 aromatic carbocycles. The van der Waals surface area contributed by atoms with E-state index in [4.69, 9.17) is 14.2 Å². The molecule has 1 unspecified atom stereocenters. The van der Waals surface area contributed by atoms with Crippen LogP contribution in [0.2, 0.25) is 0 Å². The second kappa shape index (κ2) is 66.6. The van der Waals surface area contributed by atoms with Gasteiger partial charge >= 0.3 is 17.9 Å². The molecule has 0 aliphatic carbocycles. The van der Waals surface area contributed by atoms with Gasteiger partial charge in [-0.05, 0) is 109 Å². The highest BCUT2D eigenvalue weighted by Gasteiger charge is 2.19. The maximum absolute atomic E-state index is 12.9. The molecule has 0 spiro atoms.